The van der Waals surface area contributed by atoms with Crippen molar-refractivity contribution in [1.29, 1.82) is 0 Å². The van der Waals surface area contributed by atoms with E-state index < -0.39 is 47.5 Å². The van der Waals surface area contributed by atoms with Crippen LogP contribution in [0, 0.1) is 5.92 Å². The van der Waals surface area contributed by atoms with E-state index in [1.54, 1.807) is 52.1 Å². The maximum absolute atomic E-state index is 13.2. The van der Waals surface area contributed by atoms with E-state index in [9.17, 15) is 19.2 Å². The van der Waals surface area contributed by atoms with Crippen LogP contribution in [0.3, 0.4) is 0 Å². The van der Waals surface area contributed by atoms with E-state index in [2.05, 4.69) is 31.3 Å². The predicted molar refractivity (Wildman–Crippen MR) is 141 cm³/mol. The summed E-state index contributed by atoms with van der Waals surface area (Å²) in [5, 5.41) is 13.7. The van der Waals surface area contributed by atoms with E-state index in [-0.39, 0.29) is 25.3 Å². The van der Waals surface area contributed by atoms with Crippen LogP contribution in [0.25, 0.3) is 10.4 Å². The quantitative estimate of drug-likeness (QED) is 0.171. The first-order chi connectivity index (χ1) is 17.8. The first-order valence-corrected chi connectivity index (χ1v) is 12.3. The molecule has 0 fully saturated rings. The van der Waals surface area contributed by atoms with Crippen molar-refractivity contribution in [2.45, 2.75) is 71.2 Å². The van der Waals surface area contributed by atoms with Gasteiger partial charge < -0.3 is 30.7 Å². The molecule has 4 amide bonds. The molecule has 0 saturated heterocycles. The Balaban J connectivity index is 2.99. The number of carbonyl (C=O) groups excluding carboxylic acids is 4. The van der Waals surface area contributed by atoms with Crippen LogP contribution >= 0.6 is 0 Å². The molecule has 3 atom stereocenters. The third-order valence-electron chi connectivity index (χ3n) is 5.15. The van der Waals surface area contributed by atoms with E-state index in [1.807, 2.05) is 13.8 Å². The Bertz CT molecular complexity index is 1000. The number of methoxy groups -OCH3 is 1. The van der Waals surface area contributed by atoms with E-state index in [1.165, 1.54) is 7.05 Å². The molecule has 0 heterocycles. The highest BCUT2D eigenvalue weighted by atomic mass is 16.6. The zero-order valence-electron chi connectivity index (χ0n) is 23.0. The van der Waals surface area contributed by atoms with Crippen LogP contribution in [0.15, 0.2) is 29.4 Å². The largest absolute Gasteiger partial charge is 0.497 e. The number of alkyl carbamates (subject to hydrolysis) is 1. The molecule has 0 aliphatic rings. The number of likely N-dealkylation sites (N-methyl/N-ethyl adjacent to an activating group) is 1. The summed E-state index contributed by atoms with van der Waals surface area (Å²) in [5.74, 6) is -1.08. The molecule has 0 aliphatic heterocycles. The molecule has 13 nitrogen and oxygen atoms in total. The fourth-order valence-electron chi connectivity index (χ4n) is 3.37. The Labute approximate surface area is 223 Å². The molecular weight excluding hydrogens is 494 g/mol. The summed E-state index contributed by atoms with van der Waals surface area (Å²) in [6.07, 6.45) is -0.325. The van der Waals surface area contributed by atoms with Gasteiger partial charge in [-0.2, -0.15) is 0 Å². The molecule has 4 N–H and O–H groups in total. The highest BCUT2D eigenvalue weighted by Gasteiger charge is 2.29. The Hall–Kier alpha value is -3.99. The zero-order chi connectivity index (χ0) is 28.9. The summed E-state index contributed by atoms with van der Waals surface area (Å²) in [4.78, 5) is 53.3. The van der Waals surface area contributed by atoms with Gasteiger partial charge in [-0.05, 0) is 56.3 Å². The number of hydrogen-bond acceptors (Lipinski definition) is 7. The van der Waals surface area contributed by atoms with Crippen molar-refractivity contribution in [3.05, 3.63) is 40.3 Å². The average Bonchev–Trinajstić information content (AvgIpc) is 2.84. The second kappa shape index (κ2) is 15.3. The lowest BCUT2D eigenvalue weighted by Gasteiger charge is -2.25. The van der Waals surface area contributed by atoms with Crippen molar-refractivity contribution >= 4 is 23.8 Å². The van der Waals surface area contributed by atoms with Gasteiger partial charge in [0.1, 0.15) is 29.5 Å². The number of nitrogens with zero attached hydrogens (tertiary/aromatic N) is 3. The summed E-state index contributed by atoms with van der Waals surface area (Å²) >= 11 is 0. The van der Waals surface area contributed by atoms with Crippen LogP contribution in [0.4, 0.5) is 4.79 Å². The topological polar surface area (TPSA) is 184 Å². The summed E-state index contributed by atoms with van der Waals surface area (Å²) in [5.41, 5.74) is 8.95. The number of hydrogen-bond donors (Lipinski definition) is 4. The van der Waals surface area contributed by atoms with Crippen LogP contribution in [-0.2, 0) is 25.5 Å². The Morgan fingerprint density at radius 3 is 2.11 bits per heavy atom. The molecule has 1 rings (SSSR count). The minimum Gasteiger partial charge on any atom is -0.497 e. The third kappa shape index (κ3) is 11.8. The van der Waals surface area contributed by atoms with Crippen LogP contribution in [0.2, 0.25) is 0 Å². The summed E-state index contributed by atoms with van der Waals surface area (Å²) < 4.78 is 10.3. The molecule has 1 aromatic rings. The van der Waals surface area contributed by atoms with Gasteiger partial charge >= 0.3 is 6.09 Å². The first kappa shape index (κ1) is 32.0. The van der Waals surface area contributed by atoms with E-state index in [4.69, 9.17) is 15.0 Å². The monoisotopic (exact) mass is 533 g/mol. The molecule has 210 valence electrons. The van der Waals surface area contributed by atoms with Gasteiger partial charge in [-0.1, -0.05) is 31.1 Å². The number of rotatable bonds is 13. The lowest BCUT2D eigenvalue weighted by atomic mass is 10.0. The Kier molecular flexibility index (Phi) is 12.9. The molecule has 0 aromatic heterocycles. The molecule has 1 unspecified atom stereocenters. The lowest BCUT2D eigenvalue weighted by Crippen LogP contribution is -2.56. The molecule has 38 heavy (non-hydrogen) atoms. The second-order valence-corrected chi connectivity index (χ2v) is 10.0. The Morgan fingerprint density at radius 2 is 1.61 bits per heavy atom. The van der Waals surface area contributed by atoms with Crippen molar-refractivity contribution in [1.82, 2.24) is 21.3 Å². The van der Waals surface area contributed by atoms with Gasteiger partial charge in [0, 0.05) is 24.9 Å². The van der Waals surface area contributed by atoms with Gasteiger partial charge in [0.25, 0.3) is 0 Å². The van der Waals surface area contributed by atoms with Gasteiger partial charge in [0.2, 0.25) is 17.7 Å². The molecule has 13 heteroatoms. The van der Waals surface area contributed by atoms with Crippen molar-refractivity contribution in [3.63, 3.8) is 0 Å². The summed E-state index contributed by atoms with van der Waals surface area (Å²) in [6, 6.07) is 3.82. The maximum Gasteiger partial charge on any atom is 0.407 e. The number of azide groups is 1. The van der Waals surface area contributed by atoms with Gasteiger partial charge in [-0.15, -0.1) is 0 Å². The van der Waals surface area contributed by atoms with Crippen molar-refractivity contribution in [2.75, 3.05) is 20.7 Å². The van der Waals surface area contributed by atoms with E-state index >= 15 is 0 Å². The SMILES string of the molecule is CNC(=O)[C@H](Cc1ccc(OC)cc1)NC(=O)[C@H](CC(C)C)NC(=O)C(CNC(=O)OC(C)(C)C)N=[N+]=[N-]. The highest BCUT2D eigenvalue weighted by molar-refractivity contribution is 5.93. The third-order valence-corrected chi connectivity index (χ3v) is 5.15. The van der Waals surface area contributed by atoms with Crippen molar-refractivity contribution < 1.29 is 28.7 Å². The van der Waals surface area contributed by atoms with Gasteiger partial charge in [0.15, 0.2) is 0 Å². The van der Waals surface area contributed by atoms with E-state index in [0.717, 1.165) is 5.56 Å². The van der Waals surface area contributed by atoms with Gasteiger partial charge in [-0.3, -0.25) is 14.4 Å². The fourth-order valence-corrected chi connectivity index (χ4v) is 3.37. The Morgan fingerprint density at radius 1 is 1.00 bits per heavy atom. The van der Waals surface area contributed by atoms with Crippen LogP contribution in [0.5, 0.6) is 5.75 Å². The molecule has 0 aliphatic carbocycles. The standard InChI is InChI=1S/C25H39N7O6/c1-15(2)12-18(29-23(35)20(31-32-26)14-28-24(36)38-25(3,4)5)22(34)30-19(21(33)27-6)13-16-8-10-17(37-7)11-9-16/h8-11,15,18-20H,12-14H2,1-7H3,(H,27,33)(H,28,36)(H,29,35)(H,30,34)/t18-,19-,20?/m0/s1. The lowest BCUT2D eigenvalue weighted by molar-refractivity contribution is -0.132. The van der Waals surface area contributed by atoms with Crippen molar-refractivity contribution in [3.8, 4) is 5.75 Å². The normalized spacial score (nSPS) is 13.3. The van der Waals surface area contributed by atoms with E-state index in [0.29, 0.717) is 5.75 Å². The number of nitrogens with one attached hydrogen (secondary N) is 4. The second-order valence-electron chi connectivity index (χ2n) is 10.0. The molecule has 0 saturated carbocycles. The summed E-state index contributed by atoms with van der Waals surface area (Å²) in [7, 11) is 3.01. The molecule has 1 aromatic carbocycles. The minimum absolute atomic E-state index is 0.00361. The number of amides is 4. The predicted octanol–water partition coefficient (Wildman–Crippen LogP) is 2.20. The minimum atomic E-state index is -1.33. The maximum atomic E-state index is 13.2. The van der Waals surface area contributed by atoms with Gasteiger partial charge in [0.05, 0.1) is 7.11 Å². The average molecular weight is 534 g/mol. The van der Waals surface area contributed by atoms with Crippen LogP contribution in [0.1, 0.15) is 46.6 Å². The molecular formula is C25H39N7O6. The molecule has 0 radical (unpaired) electrons. The van der Waals surface area contributed by atoms with Crippen LogP contribution < -0.4 is 26.0 Å². The first-order valence-electron chi connectivity index (χ1n) is 12.3. The molecule has 0 bridgehead atoms. The zero-order valence-corrected chi connectivity index (χ0v) is 23.0. The van der Waals surface area contributed by atoms with Gasteiger partial charge in [-0.25, -0.2) is 4.79 Å². The van der Waals surface area contributed by atoms with Crippen LogP contribution in [-0.4, -0.2) is 68.2 Å². The molecule has 0 spiro atoms. The smallest absolute Gasteiger partial charge is 0.407 e. The number of ether oxygens (including phenoxy) is 2. The van der Waals surface area contributed by atoms with Crippen molar-refractivity contribution in [2.24, 2.45) is 11.0 Å². The number of benzene rings is 1. The number of carbonyl (C=O) groups is 4. The highest BCUT2D eigenvalue weighted by Crippen LogP contribution is 2.14. The summed E-state index contributed by atoms with van der Waals surface area (Å²) in [6.45, 7) is 8.45. The fraction of sp³-hybridized carbons (Fsp3) is 0.600.